The molecule has 1 aliphatic carbocycles. The van der Waals surface area contributed by atoms with Crippen LogP contribution >= 0.6 is 0 Å². The molecular weight excluding hydrogens is 520 g/mol. The molecule has 0 spiro atoms. The third-order valence-corrected chi connectivity index (χ3v) is 8.07. The minimum Gasteiger partial charge on any atom is -0.443 e. The van der Waals surface area contributed by atoms with Crippen molar-refractivity contribution in [2.75, 3.05) is 24.6 Å². The third kappa shape index (κ3) is 9.25. The summed E-state index contributed by atoms with van der Waals surface area (Å²) in [5.74, 6) is 0.175. The first kappa shape index (κ1) is 31.4. The molecule has 0 radical (unpaired) electrons. The number of ether oxygens (including phenoxy) is 2. The highest BCUT2D eigenvalue weighted by molar-refractivity contribution is 5.91. The van der Waals surface area contributed by atoms with Crippen LogP contribution in [0.4, 0.5) is 10.6 Å². The van der Waals surface area contributed by atoms with Crippen molar-refractivity contribution >= 4 is 23.9 Å². The van der Waals surface area contributed by atoms with Gasteiger partial charge in [-0.25, -0.2) is 20.1 Å². The Kier molecular flexibility index (Phi) is 9.81. The van der Waals surface area contributed by atoms with Crippen LogP contribution in [0.5, 0.6) is 0 Å². The molecule has 3 heterocycles. The van der Waals surface area contributed by atoms with Gasteiger partial charge < -0.3 is 9.47 Å². The maximum Gasteiger partial charge on any atom is 0.416 e. The molecule has 1 unspecified atom stereocenters. The standard InChI is InChI=1S/C32H50N4O5/c1-30(2,3)40-29(38)36(24-15-16-35(21-24)25-18-31(4,5)22-32(6,7)19-25)26-13-11-23(20-33-26)12-14-27(37)34-41-28-10-8-9-17-39-28/h11-14,20,24-25,28H,8-10,15-19,21-22H2,1-7H3,(H,34,37)/t24-,28?/m1/s1. The molecule has 3 fully saturated rings. The third-order valence-electron chi connectivity index (χ3n) is 8.07. The van der Waals surface area contributed by atoms with Gasteiger partial charge in [-0.15, -0.1) is 0 Å². The fraction of sp³-hybridized carbons (Fsp3) is 0.719. The molecule has 0 bridgehead atoms. The molecular formula is C32H50N4O5. The lowest BCUT2D eigenvalue weighted by molar-refractivity contribution is -0.198. The molecule has 1 N–H and O–H groups in total. The summed E-state index contributed by atoms with van der Waals surface area (Å²) < 4.78 is 11.3. The second-order valence-electron chi connectivity index (χ2n) is 14.5. The predicted molar refractivity (Wildman–Crippen MR) is 160 cm³/mol. The van der Waals surface area contributed by atoms with Crippen LogP contribution in [-0.4, -0.2) is 65.6 Å². The number of amides is 2. The number of anilines is 1. The number of likely N-dealkylation sites (tertiary alicyclic amines) is 1. The van der Waals surface area contributed by atoms with E-state index in [4.69, 9.17) is 14.3 Å². The first-order valence-corrected chi connectivity index (χ1v) is 15.2. The van der Waals surface area contributed by atoms with Crippen molar-refractivity contribution in [1.29, 1.82) is 0 Å². The van der Waals surface area contributed by atoms with E-state index in [-0.39, 0.29) is 18.0 Å². The first-order valence-electron chi connectivity index (χ1n) is 15.2. The number of carbonyl (C=O) groups excluding carboxylic acids is 2. The highest BCUT2D eigenvalue weighted by Gasteiger charge is 2.44. The highest BCUT2D eigenvalue weighted by atomic mass is 16.8. The van der Waals surface area contributed by atoms with Gasteiger partial charge in [0.05, 0.1) is 6.04 Å². The smallest absolute Gasteiger partial charge is 0.416 e. The van der Waals surface area contributed by atoms with E-state index in [1.54, 1.807) is 17.2 Å². The van der Waals surface area contributed by atoms with Gasteiger partial charge in [0.1, 0.15) is 11.4 Å². The average Bonchev–Trinajstić information content (AvgIpc) is 3.35. The highest BCUT2D eigenvalue weighted by Crippen LogP contribution is 2.47. The Bertz CT molecular complexity index is 1060. The Hall–Kier alpha value is -2.49. The van der Waals surface area contributed by atoms with E-state index < -0.39 is 11.9 Å². The second-order valence-corrected chi connectivity index (χ2v) is 14.5. The molecule has 0 aromatic carbocycles. The summed E-state index contributed by atoms with van der Waals surface area (Å²) in [6.07, 6.45) is 11.2. The van der Waals surface area contributed by atoms with E-state index >= 15 is 0 Å². The van der Waals surface area contributed by atoms with Gasteiger partial charge in [-0.2, -0.15) is 0 Å². The van der Waals surface area contributed by atoms with Crippen molar-refractivity contribution in [2.45, 2.75) is 117 Å². The van der Waals surface area contributed by atoms with E-state index in [0.717, 1.165) is 44.3 Å². The van der Waals surface area contributed by atoms with Crippen molar-refractivity contribution in [1.82, 2.24) is 15.4 Å². The lowest BCUT2D eigenvalue weighted by atomic mass is 9.63. The van der Waals surface area contributed by atoms with Crippen LogP contribution in [0.3, 0.4) is 0 Å². The maximum atomic E-state index is 13.5. The van der Waals surface area contributed by atoms with Gasteiger partial charge in [0.15, 0.2) is 6.29 Å². The van der Waals surface area contributed by atoms with Crippen molar-refractivity contribution in [3.05, 3.63) is 30.0 Å². The zero-order chi connectivity index (χ0) is 29.8. The van der Waals surface area contributed by atoms with Gasteiger partial charge in [-0.1, -0.05) is 27.7 Å². The van der Waals surface area contributed by atoms with Crippen LogP contribution in [-0.2, 0) is 19.1 Å². The molecule has 2 aliphatic heterocycles. The number of aromatic nitrogens is 1. The average molecular weight is 571 g/mol. The molecule has 41 heavy (non-hydrogen) atoms. The number of hydrogen-bond donors (Lipinski definition) is 1. The molecule has 1 aromatic rings. The van der Waals surface area contributed by atoms with Gasteiger partial charge in [-0.05, 0) is 93.9 Å². The summed E-state index contributed by atoms with van der Waals surface area (Å²) in [5, 5.41) is 0. The van der Waals surface area contributed by atoms with Crippen molar-refractivity contribution in [3.63, 3.8) is 0 Å². The first-order chi connectivity index (χ1) is 19.2. The zero-order valence-corrected chi connectivity index (χ0v) is 26.1. The van der Waals surface area contributed by atoms with Crippen molar-refractivity contribution < 1.29 is 23.9 Å². The number of carbonyl (C=O) groups is 2. The number of nitrogens with one attached hydrogen (secondary N) is 1. The minimum absolute atomic E-state index is 0.0307. The van der Waals surface area contributed by atoms with E-state index in [2.05, 4.69) is 43.1 Å². The quantitative estimate of drug-likeness (QED) is 0.313. The van der Waals surface area contributed by atoms with Crippen LogP contribution < -0.4 is 10.4 Å². The second kappa shape index (κ2) is 12.8. The minimum atomic E-state index is -0.619. The van der Waals surface area contributed by atoms with E-state index in [1.807, 2.05) is 32.9 Å². The Labute approximate surface area is 245 Å². The molecule has 228 valence electrons. The molecule has 2 atom stereocenters. The number of pyridine rings is 1. The van der Waals surface area contributed by atoms with E-state index in [0.29, 0.717) is 29.3 Å². The monoisotopic (exact) mass is 570 g/mol. The van der Waals surface area contributed by atoms with Gasteiger partial charge in [-0.3, -0.25) is 14.6 Å². The van der Waals surface area contributed by atoms with Gasteiger partial charge in [0.2, 0.25) is 0 Å². The molecule has 4 rings (SSSR count). The topological polar surface area (TPSA) is 93.2 Å². The summed E-state index contributed by atoms with van der Waals surface area (Å²) in [6.45, 7) is 17.5. The van der Waals surface area contributed by atoms with E-state index in [1.165, 1.54) is 25.3 Å². The van der Waals surface area contributed by atoms with Crippen molar-refractivity contribution in [2.24, 2.45) is 10.8 Å². The van der Waals surface area contributed by atoms with Crippen LogP contribution in [0.2, 0.25) is 0 Å². The molecule has 9 heteroatoms. The summed E-state index contributed by atoms with van der Waals surface area (Å²) >= 11 is 0. The fourth-order valence-corrected chi connectivity index (χ4v) is 6.87. The molecule has 2 saturated heterocycles. The Morgan fingerprint density at radius 1 is 1.12 bits per heavy atom. The molecule has 3 aliphatic rings. The Morgan fingerprint density at radius 3 is 2.46 bits per heavy atom. The summed E-state index contributed by atoms with van der Waals surface area (Å²) in [7, 11) is 0. The van der Waals surface area contributed by atoms with Crippen LogP contribution in [0.1, 0.15) is 99.0 Å². The fourth-order valence-electron chi connectivity index (χ4n) is 6.87. The summed E-state index contributed by atoms with van der Waals surface area (Å²) in [4.78, 5) is 39.9. The Balaban J connectivity index is 1.43. The lowest BCUT2D eigenvalue weighted by Crippen LogP contribution is -2.48. The molecule has 1 aromatic heterocycles. The molecule has 9 nitrogen and oxygen atoms in total. The number of hydrogen-bond acceptors (Lipinski definition) is 7. The number of hydroxylamine groups is 1. The van der Waals surface area contributed by atoms with Crippen LogP contribution in [0.15, 0.2) is 24.4 Å². The Morgan fingerprint density at radius 2 is 1.85 bits per heavy atom. The normalized spacial score (nSPS) is 25.2. The van der Waals surface area contributed by atoms with Crippen LogP contribution in [0.25, 0.3) is 6.08 Å². The van der Waals surface area contributed by atoms with Gasteiger partial charge in [0, 0.05) is 44.4 Å². The van der Waals surface area contributed by atoms with E-state index in [9.17, 15) is 9.59 Å². The summed E-state index contributed by atoms with van der Waals surface area (Å²) in [6, 6.07) is 4.15. The number of nitrogens with zero attached hydrogens (tertiary/aromatic N) is 3. The maximum absolute atomic E-state index is 13.5. The summed E-state index contributed by atoms with van der Waals surface area (Å²) in [5.41, 5.74) is 3.14. The number of rotatable bonds is 7. The predicted octanol–water partition coefficient (Wildman–Crippen LogP) is 6.09. The lowest BCUT2D eigenvalue weighted by Gasteiger charge is -2.48. The van der Waals surface area contributed by atoms with Crippen LogP contribution in [0, 0.1) is 10.8 Å². The SMILES string of the molecule is CC1(C)CC(N2CC[C@@H](N(C(=O)OC(C)(C)C)c3ccc(C=CC(=O)NOC4CCCCO4)cn3)C2)CC(C)(C)C1. The van der Waals surface area contributed by atoms with Crippen molar-refractivity contribution in [3.8, 4) is 0 Å². The zero-order valence-electron chi connectivity index (χ0n) is 26.1. The molecule has 2 amide bonds. The largest absolute Gasteiger partial charge is 0.443 e. The van der Waals surface area contributed by atoms with Gasteiger partial charge in [0.25, 0.3) is 5.91 Å². The molecule has 1 saturated carbocycles. The van der Waals surface area contributed by atoms with Gasteiger partial charge >= 0.3 is 6.09 Å².